The van der Waals surface area contributed by atoms with Gasteiger partial charge in [-0.25, -0.2) is 9.07 Å². The third-order valence-electron chi connectivity index (χ3n) is 4.81. The highest BCUT2D eigenvalue weighted by molar-refractivity contribution is 6.05. The van der Waals surface area contributed by atoms with Crippen LogP contribution in [0.5, 0.6) is 0 Å². The molecular weight excluding hydrogens is 385 g/mol. The fourth-order valence-corrected chi connectivity index (χ4v) is 3.09. The number of nitrogens with zero attached hydrogens (tertiary/aromatic N) is 4. The largest absolute Gasteiger partial charge is 0.339 e. The van der Waals surface area contributed by atoms with E-state index in [1.807, 2.05) is 25.1 Å². The van der Waals surface area contributed by atoms with Crippen molar-refractivity contribution in [2.75, 3.05) is 5.32 Å². The van der Waals surface area contributed by atoms with Gasteiger partial charge in [-0.3, -0.25) is 4.79 Å². The van der Waals surface area contributed by atoms with E-state index in [4.69, 9.17) is 4.52 Å². The number of rotatable bonds is 4. The third-order valence-corrected chi connectivity index (χ3v) is 4.81. The Kier molecular flexibility index (Phi) is 4.91. The molecule has 0 spiro atoms. The van der Waals surface area contributed by atoms with Gasteiger partial charge in [0.15, 0.2) is 0 Å². The lowest BCUT2D eigenvalue weighted by Gasteiger charge is -2.07. The molecule has 0 aliphatic carbocycles. The minimum Gasteiger partial charge on any atom is -0.339 e. The summed E-state index contributed by atoms with van der Waals surface area (Å²) in [7, 11) is 0. The van der Waals surface area contributed by atoms with Gasteiger partial charge >= 0.3 is 0 Å². The van der Waals surface area contributed by atoms with Crippen LogP contribution in [0.15, 0.2) is 47.1 Å². The fourth-order valence-electron chi connectivity index (χ4n) is 3.09. The van der Waals surface area contributed by atoms with Gasteiger partial charge in [0.05, 0.1) is 16.9 Å². The van der Waals surface area contributed by atoms with Crippen LogP contribution in [-0.2, 0) is 0 Å². The van der Waals surface area contributed by atoms with E-state index >= 15 is 0 Å². The summed E-state index contributed by atoms with van der Waals surface area (Å²) < 4.78 is 20.5. The molecule has 4 aromatic rings. The summed E-state index contributed by atoms with van der Waals surface area (Å²) in [4.78, 5) is 17.0. The van der Waals surface area contributed by atoms with Crippen LogP contribution in [0.3, 0.4) is 0 Å². The van der Waals surface area contributed by atoms with Crippen molar-refractivity contribution in [2.24, 2.45) is 0 Å². The normalized spacial score (nSPS) is 11.0. The highest BCUT2D eigenvalue weighted by atomic mass is 19.1. The Morgan fingerprint density at radius 3 is 2.53 bits per heavy atom. The lowest BCUT2D eigenvalue weighted by molar-refractivity contribution is 0.102. The van der Waals surface area contributed by atoms with Gasteiger partial charge in [0, 0.05) is 24.4 Å². The van der Waals surface area contributed by atoms with E-state index in [0.717, 1.165) is 16.8 Å². The van der Waals surface area contributed by atoms with Gasteiger partial charge < -0.3 is 9.84 Å². The first-order valence-electron chi connectivity index (χ1n) is 9.37. The zero-order chi connectivity index (χ0) is 21.4. The van der Waals surface area contributed by atoms with E-state index in [9.17, 15) is 9.18 Å². The molecule has 7 nitrogen and oxygen atoms in total. The van der Waals surface area contributed by atoms with Crippen LogP contribution in [0.1, 0.15) is 33.1 Å². The number of aromatic nitrogens is 4. The van der Waals surface area contributed by atoms with E-state index < -0.39 is 0 Å². The van der Waals surface area contributed by atoms with Crippen molar-refractivity contribution in [3.05, 3.63) is 76.7 Å². The number of aryl methyl sites for hydroxylation is 4. The predicted octanol–water partition coefficient (Wildman–Crippen LogP) is 4.55. The lowest BCUT2D eigenvalue weighted by atomic mass is 10.1. The molecule has 0 radical (unpaired) electrons. The number of halogens is 1. The Morgan fingerprint density at radius 1 is 1.07 bits per heavy atom. The molecule has 4 rings (SSSR count). The number of hydrogen-bond donors (Lipinski definition) is 1. The first-order valence-corrected chi connectivity index (χ1v) is 9.37. The number of hydrogen-bond acceptors (Lipinski definition) is 5. The van der Waals surface area contributed by atoms with Gasteiger partial charge in [0.2, 0.25) is 11.7 Å². The summed E-state index contributed by atoms with van der Waals surface area (Å²) in [6.45, 7) is 7.10. The van der Waals surface area contributed by atoms with Crippen molar-refractivity contribution < 1.29 is 13.7 Å². The minimum absolute atomic E-state index is 0.357. The third kappa shape index (κ3) is 3.71. The van der Waals surface area contributed by atoms with E-state index in [1.54, 1.807) is 43.8 Å². The first kappa shape index (κ1) is 19.5. The Bertz CT molecular complexity index is 1260. The Balaban J connectivity index is 1.65. The molecule has 2 aromatic carbocycles. The van der Waals surface area contributed by atoms with Crippen LogP contribution < -0.4 is 5.32 Å². The van der Waals surface area contributed by atoms with Gasteiger partial charge in [0.25, 0.3) is 5.91 Å². The van der Waals surface area contributed by atoms with Crippen LogP contribution in [0.4, 0.5) is 10.1 Å². The smallest absolute Gasteiger partial charge is 0.259 e. The molecule has 1 N–H and O–H groups in total. The molecular formula is C22H20FN5O2. The maximum absolute atomic E-state index is 13.8. The Hall–Kier alpha value is -3.81. The summed E-state index contributed by atoms with van der Waals surface area (Å²) in [6, 6.07) is 10.3. The zero-order valence-corrected chi connectivity index (χ0v) is 17.0. The van der Waals surface area contributed by atoms with E-state index in [2.05, 4.69) is 20.6 Å². The van der Waals surface area contributed by atoms with Crippen molar-refractivity contribution >= 4 is 11.6 Å². The molecule has 0 fully saturated rings. The minimum atomic E-state index is -0.371. The first-order chi connectivity index (χ1) is 14.3. The van der Waals surface area contributed by atoms with Crippen LogP contribution in [0.2, 0.25) is 0 Å². The molecule has 0 atom stereocenters. The summed E-state index contributed by atoms with van der Waals surface area (Å²) in [5.41, 5.74) is 4.40. The second-order valence-electron chi connectivity index (χ2n) is 7.13. The van der Waals surface area contributed by atoms with Gasteiger partial charge in [-0.1, -0.05) is 23.4 Å². The van der Waals surface area contributed by atoms with E-state index in [-0.39, 0.29) is 11.7 Å². The maximum Gasteiger partial charge on any atom is 0.259 e. The summed E-state index contributed by atoms with van der Waals surface area (Å²) in [5, 5.41) is 11.2. The second-order valence-corrected chi connectivity index (χ2v) is 7.13. The number of benzene rings is 2. The topological polar surface area (TPSA) is 85.8 Å². The van der Waals surface area contributed by atoms with Crippen molar-refractivity contribution in [3.8, 4) is 17.1 Å². The SMILES string of the molecule is Cc1nc(-c2ccc(C)c(-n3cc(C(=O)Nc4ccc(C)c(F)c4)c(C)n3)c2)no1. The molecule has 0 aliphatic rings. The molecule has 8 heteroatoms. The van der Waals surface area contributed by atoms with Crippen LogP contribution in [-0.4, -0.2) is 25.8 Å². The summed E-state index contributed by atoms with van der Waals surface area (Å²) in [6.07, 6.45) is 1.66. The highest BCUT2D eigenvalue weighted by Crippen LogP contribution is 2.24. The number of carbonyl (C=O) groups is 1. The van der Waals surface area contributed by atoms with Crippen molar-refractivity contribution in [1.82, 2.24) is 19.9 Å². The molecule has 152 valence electrons. The number of carbonyl (C=O) groups excluding carboxylic acids is 1. The molecule has 30 heavy (non-hydrogen) atoms. The van der Waals surface area contributed by atoms with Crippen molar-refractivity contribution in [1.29, 1.82) is 0 Å². The molecule has 0 saturated carbocycles. The summed E-state index contributed by atoms with van der Waals surface area (Å²) in [5.74, 6) is 0.236. The van der Waals surface area contributed by atoms with Crippen molar-refractivity contribution in [3.63, 3.8) is 0 Å². The summed E-state index contributed by atoms with van der Waals surface area (Å²) >= 11 is 0. The van der Waals surface area contributed by atoms with Crippen LogP contribution in [0, 0.1) is 33.5 Å². The van der Waals surface area contributed by atoms with E-state index in [0.29, 0.717) is 34.2 Å². The highest BCUT2D eigenvalue weighted by Gasteiger charge is 2.17. The monoisotopic (exact) mass is 405 g/mol. The standard InChI is InChI=1S/C22H20FN5O2/c1-12-6-8-17(10-19(12)23)25-22(29)18-11-28(26-14(18)3)20-9-16(7-5-13(20)2)21-24-15(4)30-27-21/h5-11H,1-4H3,(H,25,29). The Morgan fingerprint density at radius 2 is 1.83 bits per heavy atom. The number of anilines is 1. The van der Waals surface area contributed by atoms with Gasteiger partial charge in [-0.2, -0.15) is 10.1 Å². The van der Waals surface area contributed by atoms with Crippen LogP contribution in [0.25, 0.3) is 17.1 Å². The van der Waals surface area contributed by atoms with Crippen LogP contribution >= 0.6 is 0 Å². The zero-order valence-electron chi connectivity index (χ0n) is 17.0. The van der Waals surface area contributed by atoms with Gasteiger partial charge in [0.1, 0.15) is 5.82 Å². The maximum atomic E-state index is 13.8. The average Bonchev–Trinajstić information content (AvgIpc) is 3.31. The number of nitrogens with one attached hydrogen (secondary N) is 1. The fraction of sp³-hybridized carbons (Fsp3) is 0.182. The molecule has 1 amide bonds. The molecule has 2 aromatic heterocycles. The molecule has 2 heterocycles. The van der Waals surface area contributed by atoms with Gasteiger partial charge in [-0.05, 0) is 50.1 Å². The molecule has 0 saturated heterocycles. The van der Waals surface area contributed by atoms with Crippen molar-refractivity contribution in [2.45, 2.75) is 27.7 Å². The number of amides is 1. The van der Waals surface area contributed by atoms with E-state index in [1.165, 1.54) is 6.07 Å². The van der Waals surface area contributed by atoms with Gasteiger partial charge in [-0.15, -0.1) is 0 Å². The lowest BCUT2D eigenvalue weighted by Crippen LogP contribution is -2.12. The predicted molar refractivity (Wildman–Crippen MR) is 110 cm³/mol. The second kappa shape index (κ2) is 7.55. The molecule has 0 unspecified atom stereocenters. The molecule has 0 bridgehead atoms. The Labute approximate surface area is 172 Å². The quantitative estimate of drug-likeness (QED) is 0.538. The average molecular weight is 405 g/mol. The molecule has 0 aliphatic heterocycles.